The average Bonchev–Trinajstić information content (AvgIpc) is 2.29. The molecule has 0 atom stereocenters. The van der Waals surface area contributed by atoms with Gasteiger partial charge in [-0.3, -0.25) is 14.9 Å². The second kappa shape index (κ2) is 7.32. The number of benzene rings is 1. The quantitative estimate of drug-likeness (QED) is 0.793. The number of carbonyl (C=O) groups is 2. The molecule has 2 amide bonds. The summed E-state index contributed by atoms with van der Waals surface area (Å²) in [6.07, 6.45) is 0. The first-order chi connectivity index (χ1) is 8.15. The standard InChI is InChI=1S/C11H13ClN2O2S/c12-9-4-2-1-3-8(9)11(16)14-10(15)7-17-6-5-13/h1-4H,5-7,13H2,(H,14,15,16). The Bertz CT molecular complexity index is 412. The van der Waals surface area contributed by atoms with Crippen molar-refractivity contribution in [2.24, 2.45) is 5.73 Å². The first-order valence-electron chi connectivity index (χ1n) is 5.01. The van der Waals surface area contributed by atoms with Gasteiger partial charge in [-0.25, -0.2) is 0 Å². The van der Waals surface area contributed by atoms with Gasteiger partial charge >= 0.3 is 0 Å². The monoisotopic (exact) mass is 272 g/mol. The Kier molecular flexibility index (Phi) is 6.04. The van der Waals surface area contributed by atoms with Crippen molar-refractivity contribution in [3.63, 3.8) is 0 Å². The van der Waals surface area contributed by atoms with Gasteiger partial charge in [0.25, 0.3) is 5.91 Å². The third-order valence-electron chi connectivity index (χ3n) is 1.87. The van der Waals surface area contributed by atoms with Gasteiger partial charge in [-0.15, -0.1) is 0 Å². The summed E-state index contributed by atoms with van der Waals surface area (Å²) in [5, 5.41) is 2.60. The van der Waals surface area contributed by atoms with Gasteiger partial charge in [0, 0.05) is 12.3 Å². The Morgan fingerprint density at radius 3 is 2.71 bits per heavy atom. The molecule has 0 radical (unpaired) electrons. The number of imide groups is 1. The summed E-state index contributed by atoms with van der Waals surface area (Å²) in [6.45, 7) is 0.510. The van der Waals surface area contributed by atoms with Crippen LogP contribution < -0.4 is 11.1 Å². The van der Waals surface area contributed by atoms with Crippen molar-refractivity contribution in [3.8, 4) is 0 Å². The number of rotatable bonds is 5. The maximum atomic E-state index is 11.7. The third kappa shape index (κ3) is 4.77. The first kappa shape index (κ1) is 14.0. The molecule has 6 heteroatoms. The number of hydrogen-bond donors (Lipinski definition) is 2. The van der Waals surface area contributed by atoms with E-state index in [9.17, 15) is 9.59 Å². The lowest BCUT2D eigenvalue weighted by Gasteiger charge is -2.05. The van der Waals surface area contributed by atoms with Gasteiger partial charge in [-0.05, 0) is 12.1 Å². The lowest BCUT2D eigenvalue weighted by atomic mass is 10.2. The van der Waals surface area contributed by atoms with E-state index in [0.29, 0.717) is 22.9 Å². The van der Waals surface area contributed by atoms with Crippen LogP contribution >= 0.6 is 23.4 Å². The SMILES string of the molecule is NCCSCC(=O)NC(=O)c1ccccc1Cl. The third-order valence-corrected chi connectivity index (χ3v) is 3.19. The molecule has 0 bridgehead atoms. The average molecular weight is 273 g/mol. The number of halogens is 1. The highest BCUT2D eigenvalue weighted by Gasteiger charge is 2.12. The minimum absolute atomic E-state index is 0.216. The van der Waals surface area contributed by atoms with E-state index in [-0.39, 0.29) is 11.7 Å². The Labute approximate surface area is 109 Å². The first-order valence-corrected chi connectivity index (χ1v) is 6.55. The van der Waals surface area contributed by atoms with E-state index in [2.05, 4.69) is 5.32 Å². The zero-order chi connectivity index (χ0) is 12.7. The van der Waals surface area contributed by atoms with Crippen LogP contribution in [0.5, 0.6) is 0 Å². The van der Waals surface area contributed by atoms with Crippen molar-refractivity contribution >= 4 is 35.2 Å². The summed E-state index contributed by atoms with van der Waals surface area (Å²) in [4.78, 5) is 23.0. The van der Waals surface area contributed by atoms with Gasteiger partial charge < -0.3 is 5.73 Å². The maximum Gasteiger partial charge on any atom is 0.259 e. The van der Waals surface area contributed by atoms with Crippen molar-refractivity contribution in [3.05, 3.63) is 34.9 Å². The van der Waals surface area contributed by atoms with Crippen LogP contribution in [0.25, 0.3) is 0 Å². The molecule has 1 aromatic rings. The number of nitrogens with one attached hydrogen (secondary N) is 1. The van der Waals surface area contributed by atoms with Gasteiger partial charge in [0.1, 0.15) is 0 Å². The summed E-state index contributed by atoms with van der Waals surface area (Å²) in [5.41, 5.74) is 5.59. The Morgan fingerprint density at radius 2 is 2.06 bits per heavy atom. The fraction of sp³-hybridized carbons (Fsp3) is 0.273. The van der Waals surface area contributed by atoms with Crippen molar-refractivity contribution in [2.45, 2.75) is 0 Å². The highest BCUT2D eigenvalue weighted by Crippen LogP contribution is 2.14. The predicted molar refractivity (Wildman–Crippen MR) is 70.3 cm³/mol. The van der Waals surface area contributed by atoms with Crippen molar-refractivity contribution < 1.29 is 9.59 Å². The lowest BCUT2D eigenvalue weighted by Crippen LogP contribution is -2.32. The van der Waals surface area contributed by atoms with Crippen molar-refractivity contribution in [1.82, 2.24) is 5.32 Å². The largest absolute Gasteiger partial charge is 0.330 e. The van der Waals surface area contributed by atoms with Crippen LogP contribution in [0.1, 0.15) is 10.4 Å². The molecular formula is C11H13ClN2O2S. The van der Waals surface area contributed by atoms with E-state index in [0.717, 1.165) is 0 Å². The zero-order valence-electron chi connectivity index (χ0n) is 9.11. The van der Waals surface area contributed by atoms with Crippen LogP contribution in [0.15, 0.2) is 24.3 Å². The van der Waals surface area contributed by atoms with E-state index in [1.54, 1.807) is 24.3 Å². The fourth-order valence-corrected chi connectivity index (χ4v) is 1.91. The second-order valence-electron chi connectivity index (χ2n) is 3.20. The Morgan fingerprint density at radius 1 is 1.35 bits per heavy atom. The van der Waals surface area contributed by atoms with Crippen LogP contribution in [0, 0.1) is 0 Å². The van der Waals surface area contributed by atoms with E-state index in [1.807, 2.05) is 0 Å². The van der Waals surface area contributed by atoms with Gasteiger partial charge in [0.2, 0.25) is 5.91 Å². The Hall–Kier alpha value is -1.04. The number of hydrogen-bond acceptors (Lipinski definition) is 4. The molecule has 3 N–H and O–H groups in total. The van der Waals surface area contributed by atoms with E-state index in [4.69, 9.17) is 17.3 Å². The minimum atomic E-state index is -0.478. The number of carbonyl (C=O) groups excluding carboxylic acids is 2. The zero-order valence-corrected chi connectivity index (χ0v) is 10.7. The van der Waals surface area contributed by atoms with Crippen LogP contribution in [0.4, 0.5) is 0 Å². The molecule has 17 heavy (non-hydrogen) atoms. The van der Waals surface area contributed by atoms with Gasteiger partial charge in [0.15, 0.2) is 0 Å². The normalized spacial score (nSPS) is 10.0. The molecule has 0 aliphatic rings. The highest BCUT2D eigenvalue weighted by atomic mass is 35.5. The number of nitrogens with two attached hydrogens (primary N) is 1. The molecular weight excluding hydrogens is 260 g/mol. The highest BCUT2D eigenvalue weighted by molar-refractivity contribution is 7.99. The molecule has 0 saturated heterocycles. The van der Waals surface area contributed by atoms with Crippen molar-refractivity contribution in [1.29, 1.82) is 0 Å². The van der Waals surface area contributed by atoms with E-state index in [1.165, 1.54) is 11.8 Å². The minimum Gasteiger partial charge on any atom is -0.330 e. The van der Waals surface area contributed by atoms with Gasteiger partial charge in [0.05, 0.1) is 16.3 Å². The molecule has 0 aliphatic heterocycles. The van der Waals surface area contributed by atoms with E-state index < -0.39 is 5.91 Å². The summed E-state index contributed by atoms with van der Waals surface area (Å²) in [7, 11) is 0. The molecule has 4 nitrogen and oxygen atoms in total. The Balaban J connectivity index is 2.49. The van der Waals surface area contributed by atoms with Crippen LogP contribution in [0.3, 0.4) is 0 Å². The molecule has 0 spiro atoms. The summed E-state index contributed by atoms with van der Waals surface area (Å²) < 4.78 is 0. The molecule has 92 valence electrons. The molecule has 0 aliphatic carbocycles. The van der Waals surface area contributed by atoms with Gasteiger partial charge in [-0.2, -0.15) is 11.8 Å². The smallest absolute Gasteiger partial charge is 0.259 e. The van der Waals surface area contributed by atoms with Crippen LogP contribution in [0.2, 0.25) is 5.02 Å². The molecule has 0 unspecified atom stereocenters. The molecule has 1 rings (SSSR count). The van der Waals surface area contributed by atoms with Gasteiger partial charge in [-0.1, -0.05) is 23.7 Å². The number of amides is 2. The van der Waals surface area contributed by atoms with Crippen LogP contribution in [-0.4, -0.2) is 29.9 Å². The second-order valence-corrected chi connectivity index (χ2v) is 4.71. The van der Waals surface area contributed by atoms with E-state index >= 15 is 0 Å². The molecule has 0 saturated carbocycles. The summed E-state index contributed by atoms with van der Waals surface area (Å²) in [5.74, 6) is 0.0866. The molecule has 0 aromatic heterocycles. The van der Waals surface area contributed by atoms with Crippen LogP contribution in [-0.2, 0) is 4.79 Å². The number of thioether (sulfide) groups is 1. The lowest BCUT2D eigenvalue weighted by molar-refractivity contribution is -0.117. The topological polar surface area (TPSA) is 72.2 Å². The predicted octanol–water partition coefficient (Wildman–Crippen LogP) is 1.29. The maximum absolute atomic E-state index is 11.7. The molecule has 0 heterocycles. The summed E-state index contributed by atoms with van der Waals surface area (Å²) >= 11 is 7.22. The summed E-state index contributed by atoms with van der Waals surface area (Å²) in [6, 6.07) is 6.58. The van der Waals surface area contributed by atoms with Crippen molar-refractivity contribution in [2.75, 3.05) is 18.1 Å². The molecule has 0 fully saturated rings. The molecule has 1 aromatic carbocycles. The fourth-order valence-electron chi connectivity index (χ4n) is 1.12.